The first kappa shape index (κ1) is 20.9. The van der Waals surface area contributed by atoms with Crippen molar-refractivity contribution in [3.63, 3.8) is 0 Å². The lowest BCUT2D eigenvalue weighted by atomic mass is 10.2. The Bertz CT molecular complexity index is 824. The number of hydrogen-bond acceptors (Lipinski definition) is 8. The summed E-state index contributed by atoms with van der Waals surface area (Å²) < 4.78 is 10.1. The molecule has 1 aromatic rings. The number of esters is 1. The van der Waals surface area contributed by atoms with Crippen LogP contribution in [0.1, 0.15) is 50.9 Å². The maximum absolute atomic E-state index is 12.3. The molecule has 1 saturated heterocycles. The van der Waals surface area contributed by atoms with Gasteiger partial charge in [0, 0.05) is 31.5 Å². The first-order chi connectivity index (χ1) is 13.0. The first-order valence-corrected chi connectivity index (χ1v) is 8.37. The SMILES string of the molecule is CC(=O)Oc1cc(NC(=O)OC(C)(C)C)ccc1C(=O)ON1C(=O)CCC1=O. The fourth-order valence-corrected chi connectivity index (χ4v) is 2.22. The topological polar surface area (TPSA) is 128 Å². The molecule has 3 amide bonds. The van der Waals surface area contributed by atoms with E-state index in [9.17, 15) is 24.0 Å². The van der Waals surface area contributed by atoms with Gasteiger partial charge >= 0.3 is 18.0 Å². The predicted molar refractivity (Wildman–Crippen MR) is 94.1 cm³/mol. The van der Waals surface area contributed by atoms with Crippen molar-refractivity contribution in [2.24, 2.45) is 0 Å². The van der Waals surface area contributed by atoms with Gasteiger partial charge in [-0.25, -0.2) is 9.59 Å². The standard InChI is InChI=1S/C18H20N2O8/c1-10(21)26-13-9-11(19-17(25)27-18(2,3)4)5-6-12(13)16(24)28-20-14(22)7-8-15(20)23/h5-6,9H,7-8H2,1-4H3,(H,19,25). The molecule has 2 rings (SSSR count). The van der Waals surface area contributed by atoms with Crippen LogP contribution in [-0.4, -0.2) is 40.5 Å². The number of anilines is 1. The average molecular weight is 392 g/mol. The Balaban J connectivity index is 2.22. The van der Waals surface area contributed by atoms with E-state index in [1.54, 1.807) is 20.8 Å². The predicted octanol–water partition coefficient (Wildman–Crippen LogP) is 2.18. The summed E-state index contributed by atoms with van der Waals surface area (Å²) in [4.78, 5) is 63.6. The molecule has 0 spiro atoms. The highest BCUT2D eigenvalue weighted by Gasteiger charge is 2.34. The molecule has 1 aromatic carbocycles. The Morgan fingerprint density at radius 2 is 1.68 bits per heavy atom. The second-order valence-corrected chi connectivity index (χ2v) is 6.89. The smallest absolute Gasteiger partial charge is 0.412 e. The lowest BCUT2D eigenvalue weighted by Crippen LogP contribution is -2.32. The van der Waals surface area contributed by atoms with Gasteiger partial charge < -0.3 is 14.3 Å². The van der Waals surface area contributed by atoms with E-state index in [0.29, 0.717) is 5.06 Å². The van der Waals surface area contributed by atoms with E-state index in [1.165, 1.54) is 18.2 Å². The molecule has 0 bridgehead atoms. The Labute approximate surface area is 160 Å². The molecule has 10 nitrogen and oxygen atoms in total. The minimum Gasteiger partial charge on any atom is -0.444 e. The van der Waals surface area contributed by atoms with Crippen LogP contribution in [0, 0.1) is 0 Å². The quantitative estimate of drug-likeness (QED) is 0.469. The molecule has 1 aliphatic rings. The van der Waals surface area contributed by atoms with Gasteiger partial charge in [-0.15, -0.1) is 5.06 Å². The van der Waals surface area contributed by atoms with Crippen LogP contribution < -0.4 is 10.1 Å². The van der Waals surface area contributed by atoms with Crippen LogP contribution >= 0.6 is 0 Å². The van der Waals surface area contributed by atoms with E-state index < -0.39 is 35.4 Å². The molecule has 0 saturated carbocycles. The second-order valence-electron chi connectivity index (χ2n) is 6.89. The number of hydrogen-bond donors (Lipinski definition) is 1. The normalized spacial score (nSPS) is 13.9. The van der Waals surface area contributed by atoms with Crippen LogP contribution in [0.3, 0.4) is 0 Å². The number of nitrogens with one attached hydrogen (secondary N) is 1. The Morgan fingerprint density at radius 3 is 2.21 bits per heavy atom. The van der Waals surface area contributed by atoms with Crippen molar-refractivity contribution < 1.29 is 38.3 Å². The van der Waals surface area contributed by atoms with Crippen molar-refractivity contribution in [1.82, 2.24) is 5.06 Å². The summed E-state index contributed by atoms with van der Waals surface area (Å²) in [6.45, 7) is 6.20. The van der Waals surface area contributed by atoms with Gasteiger partial charge in [-0.05, 0) is 32.9 Å². The molecule has 0 unspecified atom stereocenters. The molecule has 1 heterocycles. The van der Waals surface area contributed by atoms with Gasteiger partial charge in [0.05, 0.1) is 0 Å². The number of benzene rings is 1. The average Bonchev–Trinajstić information content (AvgIpc) is 2.84. The fraction of sp³-hybridized carbons (Fsp3) is 0.389. The van der Waals surface area contributed by atoms with E-state index in [1.807, 2.05) is 0 Å². The van der Waals surface area contributed by atoms with E-state index in [4.69, 9.17) is 14.3 Å². The van der Waals surface area contributed by atoms with E-state index in [2.05, 4.69) is 5.32 Å². The van der Waals surface area contributed by atoms with Gasteiger partial charge in [0.25, 0.3) is 11.8 Å². The highest BCUT2D eigenvalue weighted by atomic mass is 16.7. The number of carbonyl (C=O) groups is 5. The van der Waals surface area contributed by atoms with Crippen molar-refractivity contribution in [2.75, 3.05) is 5.32 Å². The van der Waals surface area contributed by atoms with Crippen LogP contribution in [-0.2, 0) is 24.0 Å². The molecule has 1 N–H and O–H groups in total. The summed E-state index contributed by atoms with van der Waals surface area (Å²) in [5.74, 6) is -3.29. The van der Waals surface area contributed by atoms with Gasteiger partial charge in [-0.3, -0.25) is 19.7 Å². The van der Waals surface area contributed by atoms with Gasteiger partial charge in [0.15, 0.2) is 0 Å². The molecule has 0 aromatic heterocycles. The molecule has 0 atom stereocenters. The zero-order valence-corrected chi connectivity index (χ0v) is 15.9. The number of nitrogens with zero attached hydrogens (tertiary/aromatic N) is 1. The molecule has 10 heteroatoms. The highest BCUT2D eigenvalue weighted by Crippen LogP contribution is 2.26. The van der Waals surface area contributed by atoms with Crippen molar-refractivity contribution in [3.8, 4) is 5.75 Å². The van der Waals surface area contributed by atoms with Crippen molar-refractivity contribution in [3.05, 3.63) is 23.8 Å². The first-order valence-electron chi connectivity index (χ1n) is 8.37. The van der Waals surface area contributed by atoms with Crippen LogP contribution in [0.2, 0.25) is 0 Å². The number of ether oxygens (including phenoxy) is 2. The molecule has 1 fully saturated rings. The zero-order chi connectivity index (χ0) is 21.1. The van der Waals surface area contributed by atoms with Gasteiger partial charge in [-0.2, -0.15) is 0 Å². The third-order valence-electron chi connectivity index (χ3n) is 3.28. The minimum absolute atomic E-state index is 0.0539. The number of imide groups is 1. The maximum atomic E-state index is 12.3. The number of carbonyl (C=O) groups excluding carboxylic acids is 5. The van der Waals surface area contributed by atoms with Crippen molar-refractivity contribution in [2.45, 2.75) is 46.1 Å². The van der Waals surface area contributed by atoms with Crippen molar-refractivity contribution >= 4 is 35.5 Å². The summed E-state index contributed by atoms with van der Waals surface area (Å²) in [7, 11) is 0. The number of hydroxylamine groups is 2. The maximum Gasteiger partial charge on any atom is 0.412 e. The molecular formula is C18H20N2O8. The Morgan fingerprint density at radius 1 is 1.07 bits per heavy atom. The summed E-state index contributed by atoms with van der Waals surface area (Å²) >= 11 is 0. The summed E-state index contributed by atoms with van der Waals surface area (Å²) in [6, 6.07) is 3.79. The third-order valence-corrected chi connectivity index (χ3v) is 3.28. The Hall–Kier alpha value is -3.43. The third kappa shape index (κ3) is 5.53. The molecule has 1 aliphatic heterocycles. The van der Waals surface area contributed by atoms with E-state index >= 15 is 0 Å². The Kier molecular flexibility index (Phi) is 6.02. The van der Waals surface area contributed by atoms with E-state index in [-0.39, 0.29) is 29.8 Å². The van der Waals surface area contributed by atoms with Gasteiger partial charge in [-0.1, -0.05) is 0 Å². The van der Waals surface area contributed by atoms with Crippen LogP contribution in [0.4, 0.5) is 10.5 Å². The zero-order valence-electron chi connectivity index (χ0n) is 15.9. The molecule has 0 aliphatic carbocycles. The lowest BCUT2D eigenvalue weighted by Gasteiger charge is -2.20. The molecular weight excluding hydrogens is 372 g/mol. The minimum atomic E-state index is -1.07. The molecule has 150 valence electrons. The fourth-order valence-electron chi connectivity index (χ4n) is 2.22. The van der Waals surface area contributed by atoms with Crippen LogP contribution in [0.15, 0.2) is 18.2 Å². The monoisotopic (exact) mass is 392 g/mol. The van der Waals surface area contributed by atoms with Crippen LogP contribution in [0.5, 0.6) is 5.75 Å². The summed E-state index contributed by atoms with van der Waals surface area (Å²) in [5.41, 5.74) is -0.741. The summed E-state index contributed by atoms with van der Waals surface area (Å²) in [5, 5.41) is 2.82. The van der Waals surface area contributed by atoms with Crippen LogP contribution in [0.25, 0.3) is 0 Å². The van der Waals surface area contributed by atoms with E-state index in [0.717, 1.165) is 6.92 Å². The van der Waals surface area contributed by atoms with Gasteiger partial charge in [0.1, 0.15) is 16.9 Å². The summed E-state index contributed by atoms with van der Waals surface area (Å²) in [6.07, 6.45) is -0.853. The molecule has 0 radical (unpaired) electrons. The number of amides is 3. The second kappa shape index (κ2) is 8.07. The lowest BCUT2D eigenvalue weighted by molar-refractivity contribution is -0.172. The molecule has 28 heavy (non-hydrogen) atoms. The van der Waals surface area contributed by atoms with Gasteiger partial charge in [0.2, 0.25) is 0 Å². The van der Waals surface area contributed by atoms with Crippen molar-refractivity contribution in [1.29, 1.82) is 0 Å². The highest BCUT2D eigenvalue weighted by molar-refractivity contribution is 6.03. The number of rotatable bonds is 4. The largest absolute Gasteiger partial charge is 0.444 e.